The molecule has 3 heterocycles. The van der Waals surface area contributed by atoms with Gasteiger partial charge < -0.3 is 5.32 Å². The summed E-state index contributed by atoms with van der Waals surface area (Å²) in [5, 5.41) is 3.36. The molecule has 148 valence electrons. The van der Waals surface area contributed by atoms with Crippen LogP contribution < -0.4 is 5.32 Å². The number of sulfonamides is 1. The van der Waals surface area contributed by atoms with Crippen LogP contribution in [0.3, 0.4) is 0 Å². The normalized spacial score (nSPS) is 18.4. The highest BCUT2D eigenvalue weighted by molar-refractivity contribution is 9.10. The SMILES string of the molecule is O=C(Nc1nc2c(Br)cccc2s1)C1CCCN(S(=O)(=O)c2ccc(Cl)s2)C1. The van der Waals surface area contributed by atoms with Crippen LogP contribution >= 0.6 is 50.2 Å². The van der Waals surface area contributed by atoms with Crippen LogP contribution in [0.2, 0.25) is 4.34 Å². The van der Waals surface area contributed by atoms with Gasteiger partial charge in [0.05, 0.1) is 20.5 Å². The average molecular weight is 521 g/mol. The summed E-state index contributed by atoms with van der Waals surface area (Å²) in [6.45, 7) is 0.550. The molecule has 4 rings (SSSR count). The van der Waals surface area contributed by atoms with Crippen LogP contribution in [0.15, 0.2) is 39.0 Å². The van der Waals surface area contributed by atoms with Crippen LogP contribution in [0.5, 0.6) is 0 Å². The van der Waals surface area contributed by atoms with Crippen molar-refractivity contribution >= 4 is 81.5 Å². The molecule has 1 N–H and O–H groups in total. The van der Waals surface area contributed by atoms with Gasteiger partial charge in [-0.3, -0.25) is 4.79 Å². The predicted molar refractivity (Wildman–Crippen MR) is 117 cm³/mol. The Balaban J connectivity index is 1.49. The van der Waals surface area contributed by atoms with Crippen LogP contribution in [0.25, 0.3) is 10.2 Å². The summed E-state index contributed by atoms with van der Waals surface area (Å²) in [5.41, 5.74) is 0.797. The summed E-state index contributed by atoms with van der Waals surface area (Å²) in [4.78, 5) is 17.2. The van der Waals surface area contributed by atoms with E-state index in [9.17, 15) is 13.2 Å². The van der Waals surface area contributed by atoms with Gasteiger partial charge in [-0.25, -0.2) is 13.4 Å². The van der Waals surface area contributed by atoms with Crippen molar-refractivity contribution in [1.29, 1.82) is 0 Å². The Morgan fingerprint density at radius 1 is 1.29 bits per heavy atom. The number of nitrogens with one attached hydrogen (secondary N) is 1. The van der Waals surface area contributed by atoms with Gasteiger partial charge in [0.15, 0.2) is 5.13 Å². The largest absolute Gasteiger partial charge is 0.302 e. The van der Waals surface area contributed by atoms with Gasteiger partial charge in [0.2, 0.25) is 5.91 Å². The fourth-order valence-corrected chi connectivity index (χ4v) is 7.76. The number of nitrogens with zero attached hydrogens (tertiary/aromatic N) is 2. The van der Waals surface area contributed by atoms with Crippen molar-refractivity contribution in [3.05, 3.63) is 39.1 Å². The summed E-state index contributed by atoms with van der Waals surface area (Å²) < 4.78 is 29.5. The van der Waals surface area contributed by atoms with Crippen molar-refractivity contribution in [2.75, 3.05) is 18.4 Å². The monoisotopic (exact) mass is 519 g/mol. The van der Waals surface area contributed by atoms with E-state index in [4.69, 9.17) is 11.6 Å². The van der Waals surface area contributed by atoms with Crippen molar-refractivity contribution in [3.63, 3.8) is 0 Å². The second-order valence-electron chi connectivity index (χ2n) is 6.36. The Hall–Kier alpha value is -1.04. The molecule has 6 nitrogen and oxygen atoms in total. The minimum absolute atomic E-state index is 0.151. The number of thiophene rings is 1. The Labute approximate surface area is 183 Å². The number of fused-ring (bicyclic) bond motifs is 1. The number of halogens is 2. The zero-order valence-electron chi connectivity index (χ0n) is 14.4. The van der Waals surface area contributed by atoms with E-state index >= 15 is 0 Å². The maximum Gasteiger partial charge on any atom is 0.252 e. The van der Waals surface area contributed by atoms with Crippen molar-refractivity contribution in [2.24, 2.45) is 5.92 Å². The molecule has 1 unspecified atom stereocenters. The summed E-state index contributed by atoms with van der Waals surface area (Å²) in [7, 11) is -3.64. The molecule has 0 radical (unpaired) electrons. The van der Waals surface area contributed by atoms with Gasteiger partial charge in [-0.15, -0.1) is 11.3 Å². The first-order valence-corrected chi connectivity index (χ1v) is 12.7. The lowest BCUT2D eigenvalue weighted by atomic mass is 9.99. The first-order valence-electron chi connectivity index (χ1n) is 8.46. The summed E-state index contributed by atoms with van der Waals surface area (Å²) in [5.74, 6) is -0.631. The van der Waals surface area contributed by atoms with Crippen molar-refractivity contribution in [2.45, 2.75) is 17.1 Å². The number of benzene rings is 1. The second kappa shape index (κ2) is 8.00. The number of thiazole rings is 1. The Morgan fingerprint density at radius 2 is 2.11 bits per heavy atom. The Bertz CT molecular complexity index is 1140. The van der Waals surface area contributed by atoms with E-state index in [-0.39, 0.29) is 16.7 Å². The lowest BCUT2D eigenvalue weighted by Gasteiger charge is -2.30. The van der Waals surface area contributed by atoms with Crippen LogP contribution in [0.1, 0.15) is 12.8 Å². The van der Waals surface area contributed by atoms with Crippen LogP contribution in [-0.4, -0.2) is 36.7 Å². The first-order chi connectivity index (χ1) is 13.3. The summed E-state index contributed by atoms with van der Waals surface area (Å²) in [6, 6.07) is 8.82. The molecule has 1 aromatic carbocycles. The fraction of sp³-hybridized carbons (Fsp3) is 0.294. The van der Waals surface area contributed by atoms with Gasteiger partial charge >= 0.3 is 0 Å². The highest BCUT2D eigenvalue weighted by atomic mass is 79.9. The standard InChI is InChI=1S/C17H15BrClN3O3S3/c18-11-4-1-5-12-15(11)20-17(26-12)21-16(23)10-3-2-8-22(9-10)28(24,25)14-7-6-13(19)27-14/h1,4-7,10H,2-3,8-9H2,(H,20,21,23). The number of hydrogen-bond acceptors (Lipinski definition) is 6. The second-order valence-corrected chi connectivity index (χ2v) is 12.1. The predicted octanol–water partition coefficient (Wildman–Crippen LogP) is 4.81. The quantitative estimate of drug-likeness (QED) is 0.535. The number of hydrogen-bond donors (Lipinski definition) is 1. The summed E-state index contributed by atoms with van der Waals surface area (Å²) >= 11 is 11.8. The van der Waals surface area contributed by atoms with Crippen LogP contribution in [0, 0.1) is 5.92 Å². The number of anilines is 1. The molecule has 1 aliphatic rings. The summed E-state index contributed by atoms with van der Waals surface area (Å²) in [6.07, 6.45) is 1.26. The van der Waals surface area contributed by atoms with E-state index in [2.05, 4.69) is 26.2 Å². The number of aromatic nitrogens is 1. The van der Waals surface area contributed by atoms with E-state index in [0.717, 1.165) is 26.0 Å². The van der Waals surface area contributed by atoms with Crippen molar-refractivity contribution < 1.29 is 13.2 Å². The van der Waals surface area contributed by atoms with E-state index < -0.39 is 15.9 Å². The molecule has 3 aromatic rings. The molecule has 1 atom stereocenters. The number of carbonyl (C=O) groups is 1. The molecule has 2 aromatic heterocycles. The molecule has 0 saturated carbocycles. The molecule has 0 aliphatic carbocycles. The third-order valence-electron chi connectivity index (χ3n) is 4.50. The molecule has 1 saturated heterocycles. The zero-order valence-corrected chi connectivity index (χ0v) is 19.2. The highest BCUT2D eigenvalue weighted by Crippen LogP contribution is 2.33. The Morgan fingerprint density at radius 3 is 2.82 bits per heavy atom. The maximum absolute atomic E-state index is 12.8. The first kappa shape index (κ1) is 20.2. The molecule has 28 heavy (non-hydrogen) atoms. The highest BCUT2D eigenvalue weighted by Gasteiger charge is 2.34. The van der Waals surface area contributed by atoms with Gasteiger partial charge in [0, 0.05) is 17.6 Å². The van der Waals surface area contributed by atoms with Gasteiger partial charge in [-0.2, -0.15) is 4.31 Å². The molecular weight excluding hydrogens is 506 g/mol. The van der Waals surface area contributed by atoms with Crippen LogP contribution in [0.4, 0.5) is 5.13 Å². The maximum atomic E-state index is 12.8. The average Bonchev–Trinajstić information content (AvgIpc) is 3.29. The number of para-hydroxylation sites is 1. The minimum Gasteiger partial charge on any atom is -0.302 e. The lowest BCUT2D eigenvalue weighted by Crippen LogP contribution is -2.43. The number of carbonyl (C=O) groups excluding carboxylic acids is 1. The van der Waals surface area contributed by atoms with Gasteiger partial charge in [0.25, 0.3) is 10.0 Å². The molecular formula is C17H15BrClN3O3S3. The van der Waals surface area contributed by atoms with Gasteiger partial charge in [-0.1, -0.05) is 29.0 Å². The van der Waals surface area contributed by atoms with E-state index in [1.54, 1.807) is 6.07 Å². The molecule has 0 spiro atoms. The van der Waals surface area contributed by atoms with Gasteiger partial charge in [0.1, 0.15) is 4.21 Å². The minimum atomic E-state index is -3.64. The third kappa shape index (κ3) is 3.99. The lowest BCUT2D eigenvalue weighted by molar-refractivity contribution is -0.120. The topological polar surface area (TPSA) is 79.4 Å². The molecule has 1 amide bonds. The van der Waals surface area contributed by atoms with Gasteiger partial charge in [-0.05, 0) is 53.0 Å². The third-order valence-corrected chi connectivity index (χ3v) is 9.64. The Kier molecular flexibility index (Phi) is 5.78. The molecule has 11 heteroatoms. The van der Waals surface area contributed by atoms with Crippen LogP contribution in [-0.2, 0) is 14.8 Å². The number of rotatable bonds is 4. The van der Waals surface area contributed by atoms with E-state index in [1.807, 2.05) is 18.2 Å². The zero-order chi connectivity index (χ0) is 19.9. The van der Waals surface area contributed by atoms with E-state index in [1.165, 1.54) is 21.7 Å². The fourth-order valence-electron chi connectivity index (χ4n) is 3.11. The molecule has 1 fully saturated rings. The number of piperidine rings is 1. The molecule has 0 bridgehead atoms. The van der Waals surface area contributed by atoms with Crippen molar-refractivity contribution in [1.82, 2.24) is 9.29 Å². The van der Waals surface area contributed by atoms with E-state index in [0.29, 0.717) is 28.9 Å². The molecule has 1 aliphatic heterocycles. The van der Waals surface area contributed by atoms with Crippen molar-refractivity contribution in [3.8, 4) is 0 Å². The smallest absolute Gasteiger partial charge is 0.252 e. The number of amides is 1.